The van der Waals surface area contributed by atoms with Crippen molar-refractivity contribution in [3.63, 3.8) is 0 Å². The fourth-order valence-electron chi connectivity index (χ4n) is 4.54. The normalized spacial score (nSPS) is 22.2. The maximum absolute atomic E-state index is 13.1. The Morgan fingerprint density at radius 1 is 0.923 bits per heavy atom. The summed E-state index contributed by atoms with van der Waals surface area (Å²) in [5.74, 6) is 2.39. The Labute approximate surface area is 153 Å². The molecule has 2 atom stereocenters. The van der Waals surface area contributed by atoms with Crippen molar-refractivity contribution < 1.29 is 4.39 Å². The van der Waals surface area contributed by atoms with Gasteiger partial charge < -0.3 is 4.57 Å². The molecule has 3 heterocycles. The standard InChI is InChI=1S/C22H22FN3/c23-20-8-6-16(7-9-20)12-25-13-18-10-22-24-11-21(17-4-2-1-3-5-17)26(22)15-19(18)14-25/h1-9,11,18-19H,10,12-15H2/t18-,19+/m1/s1. The zero-order valence-electron chi connectivity index (χ0n) is 14.7. The van der Waals surface area contributed by atoms with Crippen molar-refractivity contribution in [3.05, 3.63) is 78.0 Å². The number of rotatable bonds is 3. The number of halogens is 1. The van der Waals surface area contributed by atoms with Crippen LogP contribution in [0.15, 0.2) is 60.8 Å². The highest BCUT2D eigenvalue weighted by atomic mass is 19.1. The predicted molar refractivity (Wildman–Crippen MR) is 100 cm³/mol. The first-order valence-corrected chi connectivity index (χ1v) is 9.33. The van der Waals surface area contributed by atoms with Gasteiger partial charge in [-0.3, -0.25) is 4.90 Å². The minimum atomic E-state index is -0.164. The Morgan fingerprint density at radius 3 is 2.50 bits per heavy atom. The van der Waals surface area contributed by atoms with Gasteiger partial charge in [-0.2, -0.15) is 0 Å². The smallest absolute Gasteiger partial charge is 0.123 e. The third kappa shape index (κ3) is 2.84. The summed E-state index contributed by atoms with van der Waals surface area (Å²) >= 11 is 0. The van der Waals surface area contributed by atoms with Crippen molar-refractivity contribution in [3.8, 4) is 11.3 Å². The average molecular weight is 347 g/mol. The third-order valence-corrected chi connectivity index (χ3v) is 5.84. The SMILES string of the molecule is Fc1ccc(CN2C[C@H]3Cc4ncc(-c5ccccc5)n4C[C@@H]3C2)cc1. The topological polar surface area (TPSA) is 21.1 Å². The molecule has 0 saturated carbocycles. The molecule has 3 aromatic rings. The molecule has 0 amide bonds. The number of aromatic nitrogens is 2. The van der Waals surface area contributed by atoms with Crippen molar-refractivity contribution in [2.24, 2.45) is 11.8 Å². The van der Waals surface area contributed by atoms with Crippen LogP contribution in [0.3, 0.4) is 0 Å². The zero-order chi connectivity index (χ0) is 17.5. The molecule has 0 spiro atoms. The van der Waals surface area contributed by atoms with E-state index < -0.39 is 0 Å². The monoisotopic (exact) mass is 347 g/mol. The maximum Gasteiger partial charge on any atom is 0.123 e. The van der Waals surface area contributed by atoms with E-state index in [2.05, 4.69) is 39.8 Å². The van der Waals surface area contributed by atoms with Crippen LogP contribution in [-0.2, 0) is 19.5 Å². The summed E-state index contributed by atoms with van der Waals surface area (Å²) in [4.78, 5) is 7.23. The number of benzene rings is 2. The zero-order valence-corrected chi connectivity index (χ0v) is 14.7. The first-order chi connectivity index (χ1) is 12.8. The second kappa shape index (κ2) is 6.36. The predicted octanol–water partition coefficient (Wildman–Crippen LogP) is 3.99. The van der Waals surface area contributed by atoms with E-state index in [1.54, 1.807) is 12.1 Å². The highest BCUT2D eigenvalue weighted by Gasteiger charge is 2.37. The molecule has 1 saturated heterocycles. The van der Waals surface area contributed by atoms with Crippen molar-refractivity contribution in [2.45, 2.75) is 19.5 Å². The van der Waals surface area contributed by atoms with Gasteiger partial charge in [0, 0.05) is 32.6 Å². The van der Waals surface area contributed by atoms with Gasteiger partial charge in [-0.15, -0.1) is 0 Å². The minimum absolute atomic E-state index is 0.164. The van der Waals surface area contributed by atoms with E-state index in [1.165, 1.54) is 22.6 Å². The lowest BCUT2D eigenvalue weighted by molar-refractivity contribution is 0.307. The second-order valence-corrected chi connectivity index (χ2v) is 7.58. The summed E-state index contributed by atoms with van der Waals surface area (Å²) in [6, 6.07) is 17.4. The summed E-state index contributed by atoms with van der Waals surface area (Å²) in [6.07, 6.45) is 3.08. The van der Waals surface area contributed by atoms with Crippen LogP contribution in [0.1, 0.15) is 11.4 Å². The van der Waals surface area contributed by atoms with Gasteiger partial charge in [-0.05, 0) is 35.1 Å². The highest BCUT2D eigenvalue weighted by molar-refractivity contribution is 5.59. The lowest BCUT2D eigenvalue weighted by Crippen LogP contribution is -2.28. The fraction of sp³-hybridized carbons (Fsp3) is 0.318. The van der Waals surface area contributed by atoms with Crippen molar-refractivity contribution in [1.29, 1.82) is 0 Å². The number of nitrogens with zero attached hydrogens (tertiary/aromatic N) is 3. The van der Waals surface area contributed by atoms with E-state index in [0.29, 0.717) is 11.8 Å². The van der Waals surface area contributed by atoms with Gasteiger partial charge in [0.25, 0.3) is 0 Å². The van der Waals surface area contributed by atoms with Crippen LogP contribution in [0.5, 0.6) is 0 Å². The number of fused-ring (bicyclic) bond motifs is 2. The second-order valence-electron chi connectivity index (χ2n) is 7.58. The molecule has 132 valence electrons. The van der Waals surface area contributed by atoms with Gasteiger partial charge in [0.15, 0.2) is 0 Å². The van der Waals surface area contributed by atoms with E-state index in [0.717, 1.165) is 32.6 Å². The van der Waals surface area contributed by atoms with Crippen LogP contribution in [0.2, 0.25) is 0 Å². The molecule has 26 heavy (non-hydrogen) atoms. The molecule has 0 N–H and O–H groups in total. The van der Waals surface area contributed by atoms with Gasteiger partial charge in [-0.1, -0.05) is 42.5 Å². The van der Waals surface area contributed by atoms with Crippen LogP contribution >= 0.6 is 0 Å². The van der Waals surface area contributed by atoms with E-state index in [4.69, 9.17) is 4.98 Å². The molecule has 2 aromatic carbocycles. The molecule has 1 fully saturated rings. The van der Waals surface area contributed by atoms with Crippen molar-refractivity contribution in [2.75, 3.05) is 13.1 Å². The molecule has 1 aromatic heterocycles. The Kier molecular flexibility index (Phi) is 3.86. The number of hydrogen-bond acceptors (Lipinski definition) is 2. The van der Waals surface area contributed by atoms with Gasteiger partial charge in [0.2, 0.25) is 0 Å². The Morgan fingerprint density at radius 2 is 1.69 bits per heavy atom. The van der Waals surface area contributed by atoms with Crippen molar-refractivity contribution >= 4 is 0 Å². The Hall–Kier alpha value is -2.46. The van der Waals surface area contributed by atoms with Crippen LogP contribution in [0.4, 0.5) is 4.39 Å². The maximum atomic E-state index is 13.1. The molecule has 3 nitrogen and oxygen atoms in total. The number of likely N-dealkylation sites (tertiary alicyclic amines) is 1. The van der Waals surface area contributed by atoms with Crippen LogP contribution < -0.4 is 0 Å². The van der Waals surface area contributed by atoms with E-state index in [9.17, 15) is 4.39 Å². The molecular weight excluding hydrogens is 325 g/mol. The van der Waals surface area contributed by atoms with Gasteiger partial charge in [-0.25, -0.2) is 9.37 Å². The van der Waals surface area contributed by atoms with Crippen LogP contribution in [-0.4, -0.2) is 27.5 Å². The molecule has 4 heteroatoms. The number of hydrogen-bond donors (Lipinski definition) is 0. The molecule has 2 aliphatic heterocycles. The lowest BCUT2D eigenvalue weighted by atomic mass is 9.89. The summed E-state index contributed by atoms with van der Waals surface area (Å²) in [5.41, 5.74) is 3.66. The number of imidazole rings is 1. The first kappa shape index (κ1) is 15.8. The summed E-state index contributed by atoms with van der Waals surface area (Å²) in [6.45, 7) is 4.16. The molecule has 0 bridgehead atoms. The molecule has 0 unspecified atom stereocenters. The quantitative estimate of drug-likeness (QED) is 0.714. The Balaban J connectivity index is 1.33. The summed E-state index contributed by atoms with van der Waals surface area (Å²) in [5, 5.41) is 0. The summed E-state index contributed by atoms with van der Waals surface area (Å²) in [7, 11) is 0. The average Bonchev–Trinajstić information content (AvgIpc) is 3.25. The van der Waals surface area contributed by atoms with Crippen molar-refractivity contribution in [1.82, 2.24) is 14.5 Å². The Bertz CT molecular complexity index is 901. The summed E-state index contributed by atoms with van der Waals surface area (Å²) < 4.78 is 15.5. The lowest BCUT2D eigenvalue weighted by Gasteiger charge is -2.27. The molecule has 0 radical (unpaired) electrons. The molecule has 5 rings (SSSR count). The van der Waals surface area contributed by atoms with Gasteiger partial charge in [0.05, 0.1) is 11.9 Å². The molecule has 0 aliphatic carbocycles. The fourth-order valence-corrected chi connectivity index (χ4v) is 4.54. The first-order valence-electron chi connectivity index (χ1n) is 9.33. The highest BCUT2D eigenvalue weighted by Crippen LogP contribution is 2.35. The third-order valence-electron chi connectivity index (χ3n) is 5.84. The van der Waals surface area contributed by atoms with Gasteiger partial charge in [0.1, 0.15) is 11.6 Å². The molecular formula is C22H22FN3. The molecule has 2 aliphatic rings. The van der Waals surface area contributed by atoms with Crippen LogP contribution in [0, 0.1) is 17.7 Å². The van der Waals surface area contributed by atoms with E-state index in [-0.39, 0.29) is 5.82 Å². The van der Waals surface area contributed by atoms with Gasteiger partial charge >= 0.3 is 0 Å². The largest absolute Gasteiger partial charge is 0.328 e. The van der Waals surface area contributed by atoms with E-state index in [1.807, 2.05) is 18.3 Å². The van der Waals surface area contributed by atoms with Crippen LogP contribution in [0.25, 0.3) is 11.3 Å². The minimum Gasteiger partial charge on any atom is -0.328 e. The van der Waals surface area contributed by atoms with E-state index >= 15 is 0 Å².